The van der Waals surface area contributed by atoms with Crippen LogP contribution in [0.1, 0.15) is 25.7 Å². The van der Waals surface area contributed by atoms with E-state index in [1.165, 1.54) is 0 Å². The van der Waals surface area contributed by atoms with Gasteiger partial charge in [-0.05, 0) is 37.5 Å². The van der Waals surface area contributed by atoms with E-state index in [-0.39, 0.29) is 11.8 Å². The molecule has 0 unspecified atom stereocenters. The van der Waals surface area contributed by atoms with Crippen LogP contribution in [-0.2, 0) is 0 Å². The topological polar surface area (TPSA) is 0 Å². The van der Waals surface area contributed by atoms with E-state index in [2.05, 4.69) is 0 Å². The van der Waals surface area contributed by atoms with E-state index in [1.54, 1.807) is 0 Å². The molecule has 0 aromatic heterocycles. The summed E-state index contributed by atoms with van der Waals surface area (Å²) in [6.07, 6.45) is 2.25. The molecule has 0 bridgehead atoms. The molecule has 0 nitrogen and oxygen atoms in total. The molecule has 1 aliphatic carbocycles. The second-order valence-electron chi connectivity index (χ2n) is 4.79. The molecular formula is C10H10Cl10. The number of alkyl halides is 10. The van der Waals surface area contributed by atoms with Gasteiger partial charge >= 0.3 is 0 Å². The van der Waals surface area contributed by atoms with Crippen LogP contribution in [0.2, 0.25) is 0 Å². The van der Waals surface area contributed by atoms with Gasteiger partial charge in [0.2, 0.25) is 7.59 Å². The third-order valence-electron chi connectivity index (χ3n) is 3.51. The minimum absolute atomic E-state index is 0.214. The summed E-state index contributed by atoms with van der Waals surface area (Å²) in [6, 6.07) is 0. The SMILES string of the molecule is ClC(Cl)(Cl)C(Cl)(Cl)C1CCC(C(Cl)(Cl)C(Cl)(Cl)Cl)CC1. The predicted octanol–water partition coefficient (Wildman–Crippen LogP) is 7.88. The summed E-state index contributed by atoms with van der Waals surface area (Å²) in [7, 11) is 0. The average molecular weight is 485 g/mol. The summed E-state index contributed by atoms with van der Waals surface area (Å²) in [5, 5.41) is 0. The zero-order valence-electron chi connectivity index (χ0n) is 9.76. The molecule has 0 heterocycles. The monoisotopic (exact) mass is 480 g/mol. The first-order chi connectivity index (χ1) is 8.71. The maximum absolute atomic E-state index is 6.17. The van der Waals surface area contributed by atoms with Crippen molar-refractivity contribution < 1.29 is 0 Å². The molecule has 0 atom stereocenters. The third kappa shape index (κ3) is 4.50. The molecule has 0 aromatic carbocycles. The lowest BCUT2D eigenvalue weighted by molar-refractivity contribution is 0.239. The first-order valence-electron chi connectivity index (χ1n) is 5.60. The van der Waals surface area contributed by atoms with Crippen LogP contribution in [0, 0.1) is 11.8 Å². The molecule has 20 heavy (non-hydrogen) atoms. The van der Waals surface area contributed by atoms with Gasteiger partial charge in [0.05, 0.1) is 0 Å². The van der Waals surface area contributed by atoms with Crippen LogP contribution in [0.25, 0.3) is 0 Å². The Balaban J connectivity index is 2.75. The molecular weight excluding hydrogens is 475 g/mol. The summed E-state index contributed by atoms with van der Waals surface area (Å²) in [5.74, 6) is -0.428. The Morgan fingerprint density at radius 3 is 0.800 bits per heavy atom. The molecule has 1 rings (SSSR count). The van der Waals surface area contributed by atoms with Crippen molar-refractivity contribution in [2.24, 2.45) is 11.8 Å². The predicted molar refractivity (Wildman–Crippen MR) is 94.9 cm³/mol. The molecule has 1 aliphatic rings. The largest absolute Gasteiger partial charge is 0.223 e. The molecule has 0 spiro atoms. The third-order valence-corrected chi connectivity index (χ3v) is 8.83. The van der Waals surface area contributed by atoms with E-state index in [0.29, 0.717) is 25.7 Å². The highest BCUT2D eigenvalue weighted by Gasteiger charge is 2.56. The second-order valence-corrected chi connectivity index (χ2v) is 12.1. The Labute approximate surface area is 168 Å². The van der Waals surface area contributed by atoms with E-state index in [0.717, 1.165) is 0 Å². The van der Waals surface area contributed by atoms with Crippen molar-refractivity contribution in [1.82, 2.24) is 0 Å². The molecule has 0 saturated heterocycles. The lowest BCUT2D eigenvalue weighted by atomic mass is 9.79. The van der Waals surface area contributed by atoms with Gasteiger partial charge in [-0.15, -0.1) is 0 Å². The van der Waals surface area contributed by atoms with E-state index in [4.69, 9.17) is 116 Å². The fourth-order valence-corrected chi connectivity index (χ4v) is 4.08. The summed E-state index contributed by atoms with van der Waals surface area (Å²) in [5.41, 5.74) is 0. The zero-order chi connectivity index (χ0) is 16.0. The van der Waals surface area contributed by atoms with Crippen LogP contribution in [0.3, 0.4) is 0 Å². The molecule has 10 heteroatoms. The van der Waals surface area contributed by atoms with Crippen LogP contribution in [0.4, 0.5) is 0 Å². The van der Waals surface area contributed by atoms with Crippen molar-refractivity contribution in [2.45, 2.75) is 41.9 Å². The van der Waals surface area contributed by atoms with Crippen molar-refractivity contribution in [3.63, 3.8) is 0 Å². The standard InChI is InChI=1S/C10H10Cl10/c11-7(12,9(15,16)17)5-1-2-6(4-3-5)8(13,14)10(18,19)20/h5-6H,1-4H2. The zero-order valence-corrected chi connectivity index (χ0v) is 17.3. The molecule has 1 saturated carbocycles. The molecule has 0 aliphatic heterocycles. The summed E-state index contributed by atoms with van der Waals surface area (Å²) in [4.78, 5) is 0. The van der Waals surface area contributed by atoms with E-state index >= 15 is 0 Å². The highest BCUT2D eigenvalue weighted by molar-refractivity contribution is 6.76. The summed E-state index contributed by atoms with van der Waals surface area (Å²) >= 11 is 59.5. The lowest BCUT2D eigenvalue weighted by Gasteiger charge is -2.43. The lowest BCUT2D eigenvalue weighted by Crippen LogP contribution is -2.45. The fraction of sp³-hybridized carbons (Fsp3) is 1.00. The van der Waals surface area contributed by atoms with Crippen LogP contribution in [0.15, 0.2) is 0 Å². The van der Waals surface area contributed by atoms with Gasteiger partial charge in [0, 0.05) is 0 Å². The number of halogens is 10. The van der Waals surface area contributed by atoms with Crippen LogP contribution in [-0.4, -0.2) is 16.3 Å². The molecule has 0 N–H and O–H groups in total. The van der Waals surface area contributed by atoms with Crippen molar-refractivity contribution in [3.05, 3.63) is 0 Å². The number of hydrogen-bond acceptors (Lipinski definition) is 0. The highest BCUT2D eigenvalue weighted by Crippen LogP contribution is 2.58. The van der Waals surface area contributed by atoms with Gasteiger partial charge in [-0.25, -0.2) is 0 Å². The fourth-order valence-electron chi connectivity index (χ4n) is 2.28. The number of hydrogen-bond donors (Lipinski definition) is 0. The Morgan fingerprint density at radius 1 is 0.450 bits per heavy atom. The molecule has 120 valence electrons. The number of rotatable bonds is 2. The van der Waals surface area contributed by atoms with Crippen molar-refractivity contribution in [3.8, 4) is 0 Å². The normalized spacial score (nSPS) is 26.7. The average Bonchev–Trinajstić information content (AvgIpc) is 2.26. The van der Waals surface area contributed by atoms with Crippen molar-refractivity contribution in [1.29, 1.82) is 0 Å². The van der Waals surface area contributed by atoms with Gasteiger partial charge in [0.1, 0.15) is 0 Å². The summed E-state index contributed by atoms with van der Waals surface area (Å²) < 4.78 is -6.57. The van der Waals surface area contributed by atoms with E-state index in [9.17, 15) is 0 Å². The van der Waals surface area contributed by atoms with Crippen LogP contribution < -0.4 is 0 Å². The van der Waals surface area contributed by atoms with Gasteiger partial charge < -0.3 is 0 Å². The first kappa shape index (κ1) is 20.9. The smallest absolute Gasteiger partial charge is 0.0966 e. The van der Waals surface area contributed by atoms with Gasteiger partial charge in [-0.3, -0.25) is 0 Å². The van der Waals surface area contributed by atoms with E-state index in [1.807, 2.05) is 0 Å². The van der Waals surface area contributed by atoms with Crippen LogP contribution in [0.5, 0.6) is 0 Å². The maximum atomic E-state index is 6.17. The van der Waals surface area contributed by atoms with Crippen molar-refractivity contribution >= 4 is 116 Å². The first-order valence-corrected chi connectivity index (χ1v) is 9.38. The second kappa shape index (κ2) is 7.03. The van der Waals surface area contributed by atoms with Crippen molar-refractivity contribution in [2.75, 3.05) is 0 Å². The molecule has 1 fully saturated rings. The molecule has 0 radical (unpaired) electrons. The van der Waals surface area contributed by atoms with E-state index < -0.39 is 16.3 Å². The summed E-state index contributed by atoms with van der Waals surface area (Å²) in [6.45, 7) is 0. The Morgan fingerprint density at radius 2 is 0.650 bits per heavy atom. The Hall–Kier alpha value is 2.90. The maximum Gasteiger partial charge on any atom is 0.223 e. The van der Waals surface area contributed by atoms with Gasteiger partial charge in [-0.1, -0.05) is 116 Å². The van der Waals surface area contributed by atoms with Gasteiger partial charge in [0.15, 0.2) is 8.67 Å². The Kier molecular flexibility index (Phi) is 7.36. The van der Waals surface area contributed by atoms with Crippen LogP contribution >= 0.6 is 116 Å². The molecule has 0 amide bonds. The van der Waals surface area contributed by atoms with Gasteiger partial charge in [0.25, 0.3) is 0 Å². The highest BCUT2D eigenvalue weighted by atomic mass is 35.6. The minimum Gasteiger partial charge on any atom is -0.0966 e. The molecule has 0 aromatic rings. The minimum atomic E-state index is -1.79. The van der Waals surface area contributed by atoms with Gasteiger partial charge in [-0.2, -0.15) is 0 Å². The Bertz CT molecular complexity index is 297. The quantitative estimate of drug-likeness (QED) is 0.350.